The molecule has 0 aliphatic carbocycles. The molecular weight excluding hydrogens is 392 g/mol. The number of H-pyrrole nitrogens is 1. The maximum absolute atomic E-state index is 12.9. The van der Waals surface area contributed by atoms with Crippen LogP contribution in [0.2, 0.25) is 0 Å². The number of para-hydroxylation sites is 1. The van der Waals surface area contributed by atoms with Crippen LogP contribution in [0.1, 0.15) is 34.5 Å². The van der Waals surface area contributed by atoms with Crippen molar-refractivity contribution < 1.29 is 17.6 Å². The summed E-state index contributed by atoms with van der Waals surface area (Å²) in [6.07, 6.45) is 3.41. The number of hydrogen-bond donors (Lipinski definition) is 2. The predicted molar refractivity (Wildman–Crippen MR) is 108 cm³/mol. The Bertz CT molecular complexity index is 1160. The lowest BCUT2D eigenvalue weighted by Crippen LogP contribution is -2.27. The average molecular weight is 414 g/mol. The van der Waals surface area contributed by atoms with Crippen LogP contribution < -0.4 is 4.72 Å². The fourth-order valence-electron chi connectivity index (χ4n) is 3.47. The number of aryl methyl sites for hydroxylation is 2. The van der Waals surface area contributed by atoms with E-state index in [2.05, 4.69) is 14.9 Å². The molecule has 3 aromatic rings. The first kappa shape index (κ1) is 19.3. The van der Waals surface area contributed by atoms with Gasteiger partial charge in [0.2, 0.25) is 0 Å². The molecule has 0 radical (unpaired) electrons. The number of furan rings is 1. The van der Waals surface area contributed by atoms with Gasteiger partial charge in [0, 0.05) is 19.2 Å². The lowest BCUT2D eigenvalue weighted by atomic mass is 10.2. The number of aromatic amines is 1. The lowest BCUT2D eigenvalue weighted by Gasteiger charge is -2.14. The zero-order valence-corrected chi connectivity index (χ0v) is 17.0. The van der Waals surface area contributed by atoms with Crippen LogP contribution in [0.15, 0.2) is 45.8 Å². The van der Waals surface area contributed by atoms with Crippen molar-refractivity contribution >= 4 is 21.6 Å². The van der Waals surface area contributed by atoms with Gasteiger partial charge in [-0.05, 0) is 38.3 Å². The quantitative estimate of drug-likeness (QED) is 0.666. The fourth-order valence-corrected chi connectivity index (χ4v) is 4.78. The molecule has 8 nitrogen and oxygen atoms in total. The van der Waals surface area contributed by atoms with Gasteiger partial charge in [0.1, 0.15) is 16.3 Å². The molecule has 2 aromatic heterocycles. The summed E-state index contributed by atoms with van der Waals surface area (Å²) < 4.78 is 34.1. The number of rotatable bonds is 5. The molecule has 1 aliphatic heterocycles. The Morgan fingerprint density at radius 2 is 1.93 bits per heavy atom. The molecule has 9 heteroatoms. The third kappa shape index (κ3) is 3.65. The van der Waals surface area contributed by atoms with Gasteiger partial charge in [-0.25, -0.2) is 8.42 Å². The highest BCUT2D eigenvalue weighted by atomic mass is 32.2. The van der Waals surface area contributed by atoms with E-state index < -0.39 is 10.0 Å². The maximum Gasteiger partial charge on any atom is 0.265 e. The van der Waals surface area contributed by atoms with Gasteiger partial charge in [-0.2, -0.15) is 5.10 Å². The average Bonchev–Trinajstić information content (AvgIpc) is 3.43. The summed E-state index contributed by atoms with van der Waals surface area (Å²) in [6.45, 7) is 4.82. The first-order valence-corrected chi connectivity index (χ1v) is 10.9. The van der Waals surface area contributed by atoms with Crippen LogP contribution in [-0.2, 0) is 10.0 Å². The standard InChI is InChI=1S/C20H22N4O4S/c1-13-7-3-4-8-16(13)23-29(26,27)18-11-17(28-14(18)2)19-15(12-21-22-19)20(25)24-9-5-6-10-24/h3-4,7-8,11-12,23H,5-6,9-10H2,1-2H3,(H,21,22). The topological polar surface area (TPSA) is 108 Å². The smallest absolute Gasteiger partial charge is 0.265 e. The van der Waals surface area contributed by atoms with Crippen LogP contribution in [-0.4, -0.2) is 42.5 Å². The highest BCUT2D eigenvalue weighted by Crippen LogP contribution is 2.31. The summed E-state index contributed by atoms with van der Waals surface area (Å²) >= 11 is 0. The molecule has 0 spiro atoms. The molecular formula is C20H22N4O4S. The number of carbonyl (C=O) groups is 1. The molecule has 152 valence electrons. The van der Waals surface area contributed by atoms with Gasteiger partial charge in [-0.3, -0.25) is 14.6 Å². The Labute approximate surface area is 169 Å². The van der Waals surface area contributed by atoms with Crippen molar-refractivity contribution in [1.29, 1.82) is 0 Å². The molecule has 0 saturated carbocycles. The molecule has 0 unspecified atom stereocenters. The van der Waals surface area contributed by atoms with Crippen LogP contribution in [0.5, 0.6) is 0 Å². The number of nitrogens with one attached hydrogen (secondary N) is 2. The number of anilines is 1. The van der Waals surface area contributed by atoms with Gasteiger partial charge >= 0.3 is 0 Å². The predicted octanol–water partition coefficient (Wildman–Crippen LogP) is 3.32. The summed E-state index contributed by atoms with van der Waals surface area (Å²) in [4.78, 5) is 14.5. The van der Waals surface area contributed by atoms with Gasteiger partial charge in [-0.15, -0.1) is 0 Å². The minimum absolute atomic E-state index is 0.0184. The van der Waals surface area contributed by atoms with E-state index in [9.17, 15) is 13.2 Å². The van der Waals surface area contributed by atoms with E-state index in [4.69, 9.17) is 4.42 Å². The van der Waals surface area contributed by atoms with Crippen LogP contribution in [0, 0.1) is 13.8 Å². The number of likely N-dealkylation sites (tertiary alicyclic amines) is 1. The van der Waals surface area contributed by atoms with Gasteiger partial charge in [0.15, 0.2) is 5.76 Å². The maximum atomic E-state index is 12.9. The van der Waals surface area contributed by atoms with Gasteiger partial charge in [-0.1, -0.05) is 18.2 Å². The van der Waals surface area contributed by atoms with E-state index in [0.29, 0.717) is 30.0 Å². The van der Waals surface area contributed by atoms with Crippen molar-refractivity contribution in [3.63, 3.8) is 0 Å². The SMILES string of the molecule is Cc1ccccc1NS(=O)(=O)c1cc(-c2[nH]ncc2C(=O)N2CCCC2)oc1C. The number of nitrogens with zero attached hydrogens (tertiary/aromatic N) is 2. The van der Waals surface area contributed by atoms with E-state index >= 15 is 0 Å². The minimum atomic E-state index is -3.86. The highest BCUT2D eigenvalue weighted by molar-refractivity contribution is 7.92. The second-order valence-electron chi connectivity index (χ2n) is 7.11. The second kappa shape index (κ2) is 7.40. The van der Waals surface area contributed by atoms with Gasteiger partial charge in [0.25, 0.3) is 15.9 Å². The molecule has 4 rings (SSSR count). The van der Waals surface area contributed by atoms with Crippen LogP contribution in [0.25, 0.3) is 11.5 Å². The monoisotopic (exact) mass is 414 g/mol. The van der Waals surface area contributed by atoms with Crippen molar-refractivity contribution in [2.24, 2.45) is 0 Å². The third-order valence-electron chi connectivity index (χ3n) is 5.06. The summed E-state index contributed by atoms with van der Waals surface area (Å²) in [5.41, 5.74) is 2.06. The zero-order chi connectivity index (χ0) is 20.6. The Balaban J connectivity index is 1.66. The van der Waals surface area contributed by atoms with Gasteiger partial charge in [0.05, 0.1) is 17.4 Å². The number of carbonyl (C=O) groups excluding carboxylic acids is 1. The second-order valence-corrected chi connectivity index (χ2v) is 8.76. The molecule has 1 amide bonds. The molecule has 29 heavy (non-hydrogen) atoms. The number of amides is 1. The largest absolute Gasteiger partial charge is 0.458 e. The van der Waals surface area contributed by atoms with Crippen molar-refractivity contribution in [3.05, 3.63) is 53.4 Å². The van der Waals surface area contributed by atoms with E-state index in [0.717, 1.165) is 18.4 Å². The normalized spacial score (nSPS) is 14.3. The minimum Gasteiger partial charge on any atom is -0.458 e. The molecule has 1 aromatic carbocycles. The number of sulfonamides is 1. The van der Waals surface area contributed by atoms with Gasteiger partial charge < -0.3 is 9.32 Å². The third-order valence-corrected chi connectivity index (χ3v) is 6.53. The number of hydrogen-bond acceptors (Lipinski definition) is 5. The molecule has 3 heterocycles. The molecule has 1 saturated heterocycles. The van der Waals surface area contributed by atoms with Crippen molar-refractivity contribution in [3.8, 4) is 11.5 Å². The molecule has 0 bridgehead atoms. The summed E-state index contributed by atoms with van der Waals surface area (Å²) in [7, 11) is -3.86. The summed E-state index contributed by atoms with van der Waals surface area (Å²) in [6, 6.07) is 8.55. The Kier molecular flexibility index (Phi) is 4.91. The van der Waals surface area contributed by atoms with Crippen LogP contribution >= 0.6 is 0 Å². The molecule has 1 fully saturated rings. The lowest BCUT2D eigenvalue weighted by molar-refractivity contribution is 0.0793. The van der Waals surface area contributed by atoms with Crippen molar-refractivity contribution in [2.45, 2.75) is 31.6 Å². The van der Waals surface area contributed by atoms with Crippen LogP contribution in [0.4, 0.5) is 5.69 Å². The van der Waals surface area contributed by atoms with E-state index in [-0.39, 0.29) is 22.3 Å². The fraction of sp³-hybridized carbons (Fsp3) is 0.300. The van der Waals surface area contributed by atoms with E-state index in [1.54, 1.807) is 24.0 Å². The Morgan fingerprint density at radius 3 is 2.66 bits per heavy atom. The summed E-state index contributed by atoms with van der Waals surface area (Å²) in [5, 5.41) is 6.74. The number of aromatic nitrogens is 2. The van der Waals surface area contributed by atoms with Crippen molar-refractivity contribution in [1.82, 2.24) is 15.1 Å². The Morgan fingerprint density at radius 1 is 1.21 bits per heavy atom. The zero-order valence-electron chi connectivity index (χ0n) is 16.2. The number of benzene rings is 1. The highest BCUT2D eigenvalue weighted by Gasteiger charge is 2.28. The first-order valence-electron chi connectivity index (χ1n) is 9.39. The van der Waals surface area contributed by atoms with E-state index in [1.807, 2.05) is 19.1 Å². The van der Waals surface area contributed by atoms with Crippen molar-refractivity contribution in [2.75, 3.05) is 17.8 Å². The van der Waals surface area contributed by atoms with Crippen LogP contribution in [0.3, 0.4) is 0 Å². The summed E-state index contributed by atoms with van der Waals surface area (Å²) in [5.74, 6) is 0.353. The first-order chi connectivity index (χ1) is 13.9. The molecule has 1 aliphatic rings. The van der Waals surface area contributed by atoms with E-state index in [1.165, 1.54) is 12.3 Å². The Hall–Kier alpha value is -3.07. The molecule has 0 atom stereocenters. The molecule has 2 N–H and O–H groups in total.